The van der Waals surface area contributed by atoms with E-state index in [2.05, 4.69) is 95.2 Å². The van der Waals surface area contributed by atoms with Gasteiger partial charge in [0.05, 0.1) is 17.8 Å². The van der Waals surface area contributed by atoms with E-state index in [0.717, 1.165) is 23.9 Å². The van der Waals surface area contributed by atoms with Crippen molar-refractivity contribution in [1.82, 2.24) is 24.7 Å². The van der Waals surface area contributed by atoms with E-state index in [1.165, 1.54) is 22.5 Å². The number of nitrogens with one attached hydrogen (secondary N) is 1. The number of hydrogen-bond donors (Lipinski definition) is 1. The van der Waals surface area contributed by atoms with E-state index in [9.17, 15) is 0 Å². The summed E-state index contributed by atoms with van der Waals surface area (Å²) in [7, 11) is 4.19. The number of aryl methyl sites for hydroxylation is 2. The number of benzene rings is 1. The zero-order valence-corrected chi connectivity index (χ0v) is 18.9. The maximum Gasteiger partial charge on any atom is 0.170 e. The van der Waals surface area contributed by atoms with Crippen molar-refractivity contribution in [3.63, 3.8) is 0 Å². The predicted octanol–water partition coefficient (Wildman–Crippen LogP) is 4.02. The van der Waals surface area contributed by atoms with E-state index in [4.69, 9.17) is 12.2 Å². The normalized spacial score (nSPS) is 18.8. The quantitative estimate of drug-likeness (QED) is 0.611. The number of aromatic nitrogens is 2. The highest BCUT2D eigenvalue weighted by atomic mass is 32.1. The van der Waals surface area contributed by atoms with E-state index in [0.29, 0.717) is 0 Å². The molecule has 0 bridgehead atoms. The van der Waals surface area contributed by atoms with E-state index in [1.54, 1.807) is 0 Å². The van der Waals surface area contributed by atoms with Gasteiger partial charge in [-0.1, -0.05) is 12.1 Å². The number of hydrogen-bond acceptors (Lipinski definition) is 3. The SMILES string of the molecule is Cc1ccc(-n2cccc2[C@@H]2[C@@H](c3ccccn3)NC(=S)N2CCN(C)C)cc1C. The summed E-state index contributed by atoms with van der Waals surface area (Å²) < 4.78 is 2.28. The lowest BCUT2D eigenvalue weighted by atomic mass is 10.0. The number of rotatable bonds is 6. The molecule has 2 atom stereocenters. The summed E-state index contributed by atoms with van der Waals surface area (Å²) in [6.45, 7) is 6.09. The van der Waals surface area contributed by atoms with Crippen molar-refractivity contribution < 1.29 is 0 Å². The molecule has 1 N–H and O–H groups in total. The molecule has 5 nitrogen and oxygen atoms in total. The van der Waals surface area contributed by atoms with Gasteiger partial charge in [-0.15, -0.1) is 0 Å². The highest BCUT2D eigenvalue weighted by Gasteiger charge is 2.41. The Hall–Kier alpha value is -2.70. The Morgan fingerprint density at radius 3 is 2.60 bits per heavy atom. The average Bonchev–Trinajstić information content (AvgIpc) is 3.33. The van der Waals surface area contributed by atoms with Crippen LogP contribution in [-0.4, -0.2) is 51.6 Å². The molecule has 3 aromatic rings. The van der Waals surface area contributed by atoms with Crippen molar-refractivity contribution in [2.75, 3.05) is 27.2 Å². The maximum absolute atomic E-state index is 5.78. The monoisotopic (exact) mass is 419 g/mol. The van der Waals surface area contributed by atoms with Gasteiger partial charge in [0.2, 0.25) is 0 Å². The van der Waals surface area contributed by atoms with Gasteiger partial charge in [-0.05, 0) is 87.7 Å². The average molecular weight is 420 g/mol. The fourth-order valence-electron chi connectivity index (χ4n) is 4.02. The van der Waals surface area contributed by atoms with E-state index in [1.807, 2.05) is 18.3 Å². The van der Waals surface area contributed by atoms with Gasteiger partial charge in [-0.2, -0.15) is 0 Å². The lowest BCUT2D eigenvalue weighted by molar-refractivity contribution is 0.272. The first-order chi connectivity index (χ1) is 14.5. The molecule has 0 saturated carbocycles. The highest BCUT2D eigenvalue weighted by molar-refractivity contribution is 7.80. The van der Waals surface area contributed by atoms with Crippen LogP contribution in [0.15, 0.2) is 60.9 Å². The Morgan fingerprint density at radius 1 is 1.07 bits per heavy atom. The maximum atomic E-state index is 5.78. The van der Waals surface area contributed by atoms with Gasteiger partial charge in [0.1, 0.15) is 0 Å². The van der Waals surface area contributed by atoms with Crippen molar-refractivity contribution in [1.29, 1.82) is 0 Å². The largest absolute Gasteiger partial charge is 0.352 e. The minimum absolute atomic E-state index is 0.000979. The summed E-state index contributed by atoms with van der Waals surface area (Å²) >= 11 is 5.78. The molecule has 0 unspecified atom stereocenters. The summed E-state index contributed by atoms with van der Waals surface area (Å²) in [5.74, 6) is 0. The summed E-state index contributed by atoms with van der Waals surface area (Å²) in [5.41, 5.74) is 5.97. The molecule has 4 rings (SSSR count). The van der Waals surface area contributed by atoms with Crippen LogP contribution in [0.1, 0.15) is 34.6 Å². The summed E-state index contributed by atoms with van der Waals surface area (Å²) in [5, 5.41) is 4.33. The fourth-order valence-corrected chi connectivity index (χ4v) is 4.35. The zero-order valence-electron chi connectivity index (χ0n) is 18.0. The van der Waals surface area contributed by atoms with Gasteiger partial charge in [-0.3, -0.25) is 4.98 Å². The first kappa shape index (κ1) is 20.6. The molecule has 1 aromatic carbocycles. The van der Waals surface area contributed by atoms with Crippen LogP contribution in [0.5, 0.6) is 0 Å². The molecule has 6 heteroatoms. The molecule has 0 radical (unpaired) electrons. The summed E-state index contributed by atoms with van der Waals surface area (Å²) in [4.78, 5) is 9.14. The van der Waals surface area contributed by atoms with Crippen LogP contribution in [0.2, 0.25) is 0 Å². The van der Waals surface area contributed by atoms with Gasteiger partial charge in [0.15, 0.2) is 5.11 Å². The second kappa shape index (κ2) is 8.58. The third-order valence-electron chi connectivity index (χ3n) is 5.84. The van der Waals surface area contributed by atoms with E-state index >= 15 is 0 Å². The van der Waals surface area contributed by atoms with Crippen LogP contribution in [0.25, 0.3) is 5.69 Å². The van der Waals surface area contributed by atoms with Crippen molar-refractivity contribution in [3.05, 3.63) is 83.4 Å². The van der Waals surface area contributed by atoms with Crippen LogP contribution in [0.4, 0.5) is 0 Å². The first-order valence-electron chi connectivity index (χ1n) is 10.3. The molecule has 30 heavy (non-hydrogen) atoms. The standard InChI is InChI=1S/C24H29N5S/c1-17-10-11-19(16-18(17)2)28-13-7-9-21(28)23-22(20-8-5-6-12-25-20)26-24(30)29(23)15-14-27(3)4/h5-13,16,22-23H,14-15H2,1-4H3,(H,26,30)/t22-,23-/m1/s1. The Kier molecular flexibility index (Phi) is 5.88. The lowest BCUT2D eigenvalue weighted by Crippen LogP contribution is -2.36. The Labute approximate surface area is 184 Å². The Bertz CT molecular complexity index is 1030. The lowest BCUT2D eigenvalue weighted by Gasteiger charge is -2.30. The van der Waals surface area contributed by atoms with Crippen LogP contribution in [-0.2, 0) is 0 Å². The molecule has 1 aliphatic rings. The number of nitrogens with zero attached hydrogens (tertiary/aromatic N) is 4. The third kappa shape index (κ3) is 3.98. The first-order valence-corrected chi connectivity index (χ1v) is 10.7. The molecule has 156 valence electrons. The highest BCUT2D eigenvalue weighted by Crippen LogP contribution is 2.39. The minimum Gasteiger partial charge on any atom is -0.352 e. The Morgan fingerprint density at radius 2 is 1.90 bits per heavy atom. The molecule has 1 aliphatic heterocycles. The van der Waals surface area contributed by atoms with Crippen molar-refractivity contribution >= 4 is 17.3 Å². The fraction of sp³-hybridized carbons (Fsp3) is 0.333. The van der Waals surface area contributed by atoms with Gasteiger partial charge in [-0.25, -0.2) is 0 Å². The summed E-state index contributed by atoms with van der Waals surface area (Å²) in [6, 6.07) is 17.1. The van der Waals surface area contributed by atoms with Crippen molar-refractivity contribution in [2.45, 2.75) is 25.9 Å². The van der Waals surface area contributed by atoms with Gasteiger partial charge < -0.3 is 19.7 Å². The molecule has 0 amide bonds. The molecule has 3 heterocycles. The summed E-state index contributed by atoms with van der Waals surface area (Å²) in [6.07, 6.45) is 3.99. The second-order valence-electron chi connectivity index (χ2n) is 8.19. The smallest absolute Gasteiger partial charge is 0.170 e. The topological polar surface area (TPSA) is 36.3 Å². The zero-order chi connectivity index (χ0) is 21.3. The molecule has 0 aliphatic carbocycles. The van der Waals surface area contributed by atoms with Crippen molar-refractivity contribution in [2.24, 2.45) is 0 Å². The minimum atomic E-state index is 0.000979. The number of likely N-dealkylation sites (N-methyl/N-ethyl adjacent to an activating group) is 1. The third-order valence-corrected chi connectivity index (χ3v) is 6.19. The molecule has 0 spiro atoms. The van der Waals surface area contributed by atoms with E-state index in [-0.39, 0.29) is 12.1 Å². The van der Waals surface area contributed by atoms with Gasteiger partial charge in [0, 0.05) is 36.9 Å². The number of thiocarbonyl (C=S) groups is 1. The van der Waals surface area contributed by atoms with Gasteiger partial charge in [0.25, 0.3) is 0 Å². The number of pyridine rings is 1. The second-order valence-corrected chi connectivity index (χ2v) is 8.58. The van der Waals surface area contributed by atoms with Crippen LogP contribution in [0, 0.1) is 13.8 Å². The molecular weight excluding hydrogens is 390 g/mol. The van der Waals surface area contributed by atoms with Crippen molar-refractivity contribution in [3.8, 4) is 5.69 Å². The molecular formula is C24H29N5S. The van der Waals surface area contributed by atoms with Gasteiger partial charge >= 0.3 is 0 Å². The van der Waals surface area contributed by atoms with Crippen LogP contribution >= 0.6 is 12.2 Å². The van der Waals surface area contributed by atoms with E-state index < -0.39 is 0 Å². The van der Waals surface area contributed by atoms with Crippen LogP contribution in [0.3, 0.4) is 0 Å². The predicted molar refractivity (Wildman–Crippen MR) is 126 cm³/mol. The van der Waals surface area contributed by atoms with Crippen LogP contribution < -0.4 is 5.32 Å². The molecule has 1 fully saturated rings. The molecule has 2 aromatic heterocycles. The Balaban J connectivity index is 1.78. The molecule has 1 saturated heterocycles.